The van der Waals surface area contributed by atoms with Crippen molar-refractivity contribution in [2.24, 2.45) is 0 Å². The molecule has 0 N–H and O–H groups in total. The van der Waals surface area contributed by atoms with Crippen LogP contribution in [0, 0.1) is 0 Å². The Balaban J connectivity index is 2.16. The second-order valence-electron chi connectivity index (χ2n) is 3.43. The molecule has 0 spiro atoms. The monoisotopic (exact) mass is 452 g/mol. The fourth-order valence-corrected chi connectivity index (χ4v) is 4.21. The molecule has 18 heavy (non-hydrogen) atoms. The fraction of sp³-hybridized carbons (Fsp3) is 0.0833. The van der Waals surface area contributed by atoms with Crippen LogP contribution in [0.25, 0.3) is 0 Å². The lowest BCUT2D eigenvalue weighted by Gasteiger charge is -2.10. The van der Waals surface area contributed by atoms with Crippen molar-refractivity contribution in [2.45, 2.75) is 6.61 Å². The van der Waals surface area contributed by atoms with Crippen molar-refractivity contribution in [3.8, 4) is 5.75 Å². The predicted octanol–water partition coefficient (Wildman–Crippen LogP) is 5.43. The van der Waals surface area contributed by atoms with Crippen molar-refractivity contribution >= 4 is 65.4 Å². The quantitative estimate of drug-likeness (QED) is 0.576. The molecule has 0 saturated heterocycles. The van der Waals surface area contributed by atoms with Gasteiger partial charge in [-0.25, -0.2) is 0 Å². The number of thiophene rings is 1. The summed E-state index contributed by atoms with van der Waals surface area (Å²) >= 11 is 11.8. The molecule has 2 aromatic rings. The number of hydrogen-bond donors (Lipinski definition) is 0. The van der Waals surface area contributed by atoms with Gasteiger partial charge in [0.1, 0.15) is 18.6 Å². The summed E-state index contributed by atoms with van der Waals surface area (Å²) in [6.07, 6.45) is 0.801. The van der Waals surface area contributed by atoms with E-state index in [2.05, 4.69) is 47.8 Å². The minimum atomic E-state index is 0.494. The van der Waals surface area contributed by atoms with Crippen molar-refractivity contribution in [1.82, 2.24) is 0 Å². The van der Waals surface area contributed by atoms with Crippen LogP contribution in [-0.4, -0.2) is 6.29 Å². The van der Waals surface area contributed by atoms with Gasteiger partial charge in [0.05, 0.1) is 12.7 Å². The maximum atomic E-state index is 10.7. The average Bonchev–Trinajstić information content (AvgIpc) is 2.73. The van der Waals surface area contributed by atoms with Crippen LogP contribution >= 0.6 is 59.1 Å². The van der Waals surface area contributed by atoms with Crippen LogP contribution in [0.5, 0.6) is 5.75 Å². The van der Waals surface area contributed by atoms with E-state index in [9.17, 15) is 4.79 Å². The Bertz CT molecular complexity index is 557. The van der Waals surface area contributed by atoms with Crippen LogP contribution in [0.15, 0.2) is 37.0 Å². The van der Waals surface area contributed by atoms with Crippen LogP contribution in [-0.2, 0) is 6.61 Å². The summed E-state index contributed by atoms with van der Waals surface area (Å²) in [5.74, 6) is 0.699. The van der Waals surface area contributed by atoms with Crippen LogP contribution in [0.3, 0.4) is 0 Å². The van der Waals surface area contributed by atoms with Gasteiger partial charge in [-0.15, -0.1) is 11.3 Å². The Morgan fingerprint density at radius 3 is 2.33 bits per heavy atom. The lowest BCUT2D eigenvalue weighted by molar-refractivity contribution is 0.112. The highest BCUT2D eigenvalue weighted by molar-refractivity contribution is 9.11. The van der Waals surface area contributed by atoms with Gasteiger partial charge in [-0.2, -0.15) is 0 Å². The molecule has 1 aromatic heterocycles. The molecule has 2 nitrogen and oxygen atoms in total. The van der Waals surface area contributed by atoms with E-state index in [1.807, 2.05) is 12.1 Å². The van der Waals surface area contributed by atoms with Gasteiger partial charge in [0.25, 0.3) is 0 Å². The Morgan fingerprint density at radius 1 is 1.17 bits per heavy atom. The molecule has 2 rings (SSSR count). The molecule has 0 amide bonds. The van der Waals surface area contributed by atoms with Gasteiger partial charge in [-0.05, 0) is 72.1 Å². The maximum Gasteiger partial charge on any atom is 0.150 e. The first-order valence-electron chi connectivity index (χ1n) is 4.91. The molecule has 0 aliphatic rings. The standard InChI is InChI=1S/C12H7Br3O2S/c13-9-3-7(5-16)4-10(14)12(9)17-6-8-1-2-11(15)18-8/h1-5H,6H2. The maximum absolute atomic E-state index is 10.7. The van der Waals surface area contributed by atoms with Gasteiger partial charge in [0.2, 0.25) is 0 Å². The minimum Gasteiger partial charge on any atom is -0.486 e. The first kappa shape index (κ1) is 14.2. The Labute approximate surface area is 134 Å². The molecule has 0 fully saturated rings. The molecule has 0 saturated carbocycles. The molecular formula is C12H7Br3O2S. The number of benzene rings is 1. The fourth-order valence-electron chi connectivity index (χ4n) is 1.36. The van der Waals surface area contributed by atoms with Crippen LogP contribution in [0.4, 0.5) is 0 Å². The SMILES string of the molecule is O=Cc1cc(Br)c(OCc2ccc(Br)s2)c(Br)c1. The van der Waals surface area contributed by atoms with Crippen LogP contribution in [0.2, 0.25) is 0 Å². The molecule has 94 valence electrons. The van der Waals surface area contributed by atoms with Crippen molar-refractivity contribution in [1.29, 1.82) is 0 Å². The summed E-state index contributed by atoms with van der Waals surface area (Å²) < 4.78 is 8.34. The lowest BCUT2D eigenvalue weighted by atomic mass is 10.2. The average molecular weight is 455 g/mol. The number of carbonyl (C=O) groups is 1. The zero-order valence-corrected chi connectivity index (χ0v) is 14.5. The number of ether oxygens (including phenoxy) is 1. The molecule has 6 heteroatoms. The number of carbonyl (C=O) groups excluding carboxylic acids is 1. The minimum absolute atomic E-state index is 0.494. The lowest BCUT2D eigenvalue weighted by Crippen LogP contribution is -1.95. The topological polar surface area (TPSA) is 26.3 Å². The smallest absolute Gasteiger partial charge is 0.150 e. The number of rotatable bonds is 4. The van der Waals surface area contributed by atoms with E-state index in [0.717, 1.165) is 23.9 Å². The van der Waals surface area contributed by atoms with Gasteiger partial charge in [-0.1, -0.05) is 0 Å². The van der Waals surface area contributed by atoms with E-state index in [-0.39, 0.29) is 0 Å². The highest BCUT2D eigenvalue weighted by atomic mass is 79.9. The first-order valence-corrected chi connectivity index (χ1v) is 8.11. The second-order valence-corrected chi connectivity index (χ2v) is 7.68. The van der Waals surface area contributed by atoms with Crippen molar-refractivity contribution in [2.75, 3.05) is 0 Å². The van der Waals surface area contributed by atoms with E-state index in [1.54, 1.807) is 23.5 Å². The third kappa shape index (κ3) is 3.44. The zero-order chi connectivity index (χ0) is 13.1. The summed E-state index contributed by atoms with van der Waals surface area (Å²) in [4.78, 5) is 11.8. The highest BCUT2D eigenvalue weighted by Gasteiger charge is 2.09. The molecule has 0 aliphatic heterocycles. The van der Waals surface area contributed by atoms with Crippen molar-refractivity contribution in [3.05, 3.63) is 47.4 Å². The van der Waals surface area contributed by atoms with Gasteiger partial charge in [0.15, 0.2) is 0 Å². The van der Waals surface area contributed by atoms with Crippen molar-refractivity contribution in [3.63, 3.8) is 0 Å². The van der Waals surface area contributed by atoms with E-state index < -0.39 is 0 Å². The summed E-state index contributed by atoms with van der Waals surface area (Å²) in [6.45, 7) is 0.494. The highest BCUT2D eigenvalue weighted by Crippen LogP contribution is 2.35. The summed E-state index contributed by atoms with van der Waals surface area (Å²) in [7, 11) is 0. The largest absolute Gasteiger partial charge is 0.486 e. The van der Waals surface area contributed by atoms with Gasteiger partial charge < -0.3 is 4.74 Å². The summed E-state index contributed by atoms with van der Waals surface area (Å²) in [6, 6.07) is 7.47. The Hall–Kier alpha value is -0.170. The van der Waals surface area contributed by atoms with Crippen LogP contribution < -0.4 is 4.74 Å². The Morgan fingerprint density at radius 2 is 1.83 bits per heavy atom. The molecule has 0 radical (unpaired) electrons. The van der Waals surface area contributed by atoms with Gasteiger partial charge in [-0.3, -0.25) is 4.79 Å². The molecule has 1 aromatic carbocycles. The van der Waals surface area contributed by atoms with E-state index in [0.29, 0.717) is 17.9 Å². The third-order valence-corrected chi connectivity index (χ3v) is 4.92. The number of hydrogen-bond acceptors (Lipinski definition) is 3. The Kier molecular flexibility index (Phi) is 5.00. The van der Waals surface area contributed by atoms with Crippen LogP contribution in [0.1, 0.15) is 15.2 Å². The molecule has 0 unspecified atom stereocenters. The molecule has 0 aliphatic carbocycles. The summed E-state index contributed by atoms with van der Waals surface area (Å²) in [5.41, 5.74) is 0.597. The van der Waals surface area contributed by atoms with E-state index >= 15 is 0 Å². The van der Waals surface area contributed by atoms with Gasteiger partial charge >= 0.3 is 0 Å². The predicted molar refractivity (Wildman–Crippen MR) is 83.6 cm³/mol. The van der Waals surface area contributed by atoms with E-state index in [4.69, 9.17) is 4.74 Å². The number of aldehydes is 1. The molecule has 1 heterocycles. The zero-order valence-electron chi connectivity index (χ0n) is 8.95. The number of halogens is 3. The van der Waals surface area contributed by atoms with E-state index in [1.165, 1.54) is 0 Å². The summed E-state index contributed by atoms with van der Waals surface area (Å²) in [5, 5.41) is 0. The van der Waals surface area contributed by atoms with Gasteiger partial charge in [0, 0.05) is 10.4 Å². The van der Waals surface area contributed by atoms with Crippen molar-refractivity contribution < 1.29 is 9.53 Å². The molecular weight excluding hydrogens is 448 g/mol. The second kappa shape index (κ2) is 6.32. The normalized spacial score (nSPS) is 10.4. The molecule has 0 bridgehead atoms. The first-order chi connectivity index (χ1) is 8.60. The molecule has 0 atom stereocenters. The third-order valence-electron chi connectivity index (χ3n) is 2.14.